The van der Waals surface area contributed by atoms with Crippen LogP contribution in [-0.4, -0.2) is 49.7 Å². The van der Waals surface area contributed by atoms with Gasteiger partial charge in [0.05, 0.1) is 6.17 Å². The Balaban J connectivity index is 1.54. The third kappa shape index (κ3) is 4.49. The van der Waals surface area contributed by atoms with Crippen molar-refractivity contribution in [2.75, 3.05) is 25.1 Å². The van der Waals surface area contributed by atoms with Crippen LogP contribution < -0.4 is 36.1 Å². The number of rotatable bonds is 6. The van der Waals surface area contributed by atoms with E-state index in [1.54, 1.807) is 0 Å². The summed E-state index contributed by atoms with van der Waals surface area (Å²) in [5.74, 6) is 1.42. The molecule has 0 amide bonds. The first-order valence-corrected chi connectivity index (χ1v) is 8.50. The van der Waals surface area contributed by atoms with E-state index < -0.39 is 6.35 Å². The van der Waals surface area contributed by atoms with Gasteiger partial charge in [0.25, 0.3) is 0 Å². The third-order valence-corrected chi connectivity index (χ3v) is 4.03. The average Bonchev–Trinajstić information content (AvgIpc) is 2.54. The minimum Gasteiger partial charge on any atom is -0.486 e. The highest BCUT2D eigenvalue weighted by atomic mass is 16.6. The molecular weight excluding hydrogens is 310 g/mol. The van der Waals surface area contributed by atoms with Gasteiger partial charge in [0.2, 0.25) is 0 Å². The van der Waals surface area contributed by atoms with Crippen molar-refractivity contribution in [1.82, 2.24) is 21.3 Å². The molecule has 0 aromatic heterocycles. The molecule has 134 valence electrons. The van der Waals surface area contributed by atoms with Gasteiger partial charge in [-0.2, -0.15) is 0 Å². The minimum absolute atomic E-state index is 0.197. The zero-order chi connectivity index (χ0) is 16.9. The highest BCUT2D eigenvalue weighted by Gasteiger charge is 2.25. The standard InChI is InChI=1S/C16H27N5O3/c1-3-17-14-8-10(2)18-15(20-14)21-16(22)19-11-4-5-12-13(9-11)24-7-6-23-12/h4-5,9-10,14-22H,3,6-8H2,1-2H3. The number of anilines is 1. The fourth-order valence-corrected chi connectivity index (χ4v) is 3.00. The van der Waals surface area contributed by atoms with Gasteiger partial charge in [0.15, 0.2) is 17.9 Å². The molecule has 0 spiro atoms. The van der Waals surface area contributed by atoms with Gasteiger partial charge in [-0.05, 0) is 32.0 Å². The normalized spacial score (nSPS) is 27.5. The molecule has 1 aromatic carbocycles. The van der Waals surface area contributed by atoms with Gasteiger partial charge in [0, 0.05) is 17.8 Å². The Kier molecular flexibility index (Phi) is 5.75. The van der Waals surface area contributed by atoms with Gasteiger partial charge in [-0.1, -0.05) is 6.92 Å². The fraction of sp³-hybridized carbons (Fsp3) is 0.625. The van der Waals surface area contributed by atoms with E-state index in [0.717, 1.165) is 24.4 Å². The summed E-state index contributed by atoms with van der Waals surface area (Å²) in [6.07, 6.45) is 0.0884. The summed E-state index contributed by atoms with van der Waals surface area (Å²) in [6, 6.07) is 5.86. The predicted octanol–water partition coefficient (Wildman–Crippen LogP) is -0.0742. The van der Waals surface area contributed by atoms with E-state index in [2.05, 4.69) is 40.4 Å². The molecule has 8 nitrogen and oxygen atoms in total. The predicted molar refractivity (Wildman–Crippen MR) is 91.8 cm³/mol. The van der Waals surface area contributed by atoms with Gasteiger partial charge >= 0.3 is 0 Å². The van der Waals surface area contributed by atoms with E-state index in [1.807, 2.05) is 18.2 Å². The first kappa shape index (κ1) is 17.2. The third-order valence-electron chi connectivity index (χ3n) is 4.03. The van der Waals surface area contributed by atoms with Crippen molar-refractivity contribution < 1.29 is 14.6 Å². The molecule has 0 aliphatic carbocycles. The molecule has 4 unspecified atom stereocenters. The maximum Gasteiger partial charge on any atom is 0.183 e. The molecule has 0 saturated carbocycles. The van der Waals surface area contributed by atoms with Crippen LogP contribution in [0.4, 0.5) is 5.69 Å². The maximum absolute atomic E-state index is 10.3. The van der Waals surface area contributed by atoms with Gasteiger partial charge in [-0.25, -0.2) is 5.32 Å². The molecular formula is C16H27N5O3. The molecule has 8 heteroatoms. The van der Waals surface area contributed by atoms with Crippen molar-refractivity contribution in [3.8, 4) is 11.5 Å². The second-order valence-electron chi connectivity index (χ2n) is 6.09. The number of benzene rings is 1. The average molecular weight is 337 g/mol. The Bertz CT molecular complexity index is 544. The van der Waals surface area contributed by atoms with Crippen LogP contribution in [0.3, 0.4) is 0 Å². The summed E-state index contributed by atoms with van der Waals surface area (Å²) in [5.41, 5.74) is 0.756. The lowest BCUT2D eigenvalue weighted by atomic mass is 10.1. The monoisotopic (exact) mass is 337 g/mol. The smallest absolute Gasteiger partial charge is 0.183 e. The molecule has 1 fully saturated rings. The quantitative estimate of drug-likeness (QED) is 0.401. The van der Waals surface area contributed by atoms with E-state index in [0.29, 0.717) is 25.0 Å². The lowest BCUT2D eigenvalue weighted by Crippen LogP contribution is -2.68. The topological polar surface area (TPSA) is 98.8 Å². The summed E-state index contributed by atoms with van der Waals surface area (Å²) in [5, 5.41) is 26.5. The number of hydrogen-bond acceptors (Lipinski definition) is 8. The van der Waals surface area contributed by atoms with Crippen molar-refractivity contribution >= 4 is 5.69 Å². The van der Waals surface area contributed by atoms with Crippen molar-refractivity contribution in [2.24, 2.45) is 0 Å². The molecule has 24 heavy (non-hydrogen) atoms. The molecule has 3 rings (SSSR count). The molecule has 4 atom stereocenters. The number of nitrogens with one attached hydrogen (secondary N) is 5. The SMILES string of the molecule is CCNC1CC(C)NC(NC(O)Nc2ccc3c(c2)OCCO3)N1. The largest absolute Gasteiger partial charge is 0.486 e. The number of aliphatic hydroxyl groups is 1. The van der Waals surface area contributed by atoms with Gasteiger partial charge < -0.3 is 25.2 Å². The van der Waals surface area contributed by atoms with Crippen LogP contribution >= 0.6 is 0 Å². The number of hydrogen-bond donors (Lipinski definition) is 6. The van der Waals surface area contributed by atoms with E-state index in [1.165, 1.54) is 0 Å². The van der Waals surface area contributed by atoms with Crippen molar-refractivity contribution in [1.29, 1.82) is 0 Å². The summed E-state index contributed by atoms with van der Waals surface area (Å²) in [6.45, 7) is 6.20. The molecule has 1 aromatic rings. The highest BCUT2D eigenvalue weighted by molar-refractivity contribution is 5.55. The van der Waals surface area contributed by atoms with Crippen LogP contribution in [0.5, 0.6) is 11.5 Å². The van der Waals surface area contributed by atoms with Gasteiger partial charge in [-0.15, -0.1) is 0 Å². The van der Waals surface area contributed by atoms with E-state index in [4.69, 9.17) is 9.47 Å². The van der Waals surface area contributed by atoms with E-state index in [-0.39, 0.29) is 12.5 Å². The first-order valence-electron chi connectivity index (χ1n) is 8.50. The molecule has 2 aliphatic rings. The molecule has 0 radical (unpaired) electrons. The first-order chi connectivity index (χ1) is 11.6. The molecule has 1 saturated heterocycles. The Labute approximate surface area is 142 Å². The summed E-state index contributed by atoms with van der Waals surface area (Å²) in [4.78, 5) is 0. The molecule has 0 bridgehead atoms. The van der Waals surface area contributed by atoms with Crippen LogP contribution in [0.25, 0.3) is 0 Å². The highest BCUT2D eigenvalue weighted by Crippen LogP contribution is 2.32. The zero-order valence-corrected chi connectivity index (χ0v) is 14.1. The fourth-order valence-electron chi connectivity index (χ4n) is 3.00. The number of aliphatic hydroxyl groups excluding tert-OH is 1. The summed E-state index contributed by atoms with van der Waals surface area (Å²) in [7, 11) is 0. The van der Waals surface area contributed by atoms with Crippen LogP contribution in [0, 0.1) is 0 Å². The minimum atomic E-state index is -0.912. The number of fused-ring (bicyclic) bond motifs is 1. The second-order valence-corrected chi connectivity index (χ2v) is 6.09. The van der Waals surface area contributed by atoms with Crippen LogP contribution in [0.15, 0.2) is 18.2 Å². The van der Waals surface area contributed by atoms with Gasteiger partial charge in [-0.3, -0.25) is 10.6 Å². The molecule has 2 heterocycles. The Morgan fingerprint density at radius 1 is 1.25 bits per heavy atom. The second kappa shape index (κ2) is 8.00. The Hall–Kier alpha value is -1.58. The van der Waals surface area contributed by atoms with Crippen molar-refractivity contribution in [2.45, 2.75) is 45.1 Å². The Morgan fingerprint density at radius 3 is 2.83 bits per heavy atom. The van der Waals surface area contributed by atoms with Crippen molar-refractivity contribution in [3.63, 3.8) is 0 Å². The van der Waals surface area contributed by atoms with Crippen LogP contribution in [0.1, 0.15) is 20.3 Å². The molecule has 2 aliphatic heterocycles. The lowest BCUT2D eigenvalue weighted by Gasteiger charge is -2.38. The summed E-state index contributed by atoms with van der Waals surface area (Å²) >= 11 is 0. The van der Waals surface area contributed by atoms with Crippen molar-refractivity contribution in [3.05, 3.63) is 18.2 Å². The van der Waals surface area contributed by atoms with E-state index >= 15 is 0 Å². The van der Waals surface area contributed by atoms with Crippen LogP contribution in [-0.2, 0) is 0 Å². The zero-order valence-electron chi connectivity index (χ0n) is 14.1. The number of ether oxygens (including phenoxy) is 2. The Morgan fingerprint density at radius 2 is 2.04 bits per heavy atom. The lowest BCUT2D eigenvalue weighted by molar-refractivity contribution is 0.101. The molecule has 6 N–H and O–H groups in total. The maximum atomic E-state index is 10.3. The van der Waals surface area contributed by atoms with Gasteiger partial charge in [0.1, 0.15) is 19.5 Å². The van der Waals surface area contributed by atoms with Crippen LogP contribution in [0.2, 0.25) is 0 Å². The van der Waals surface area contributed by atoms with E-state index in [9.17, 15) is 5.11 Å². The summed E-state index contributed by atoms with van der Waals surface area (Å²) < 4.78 is 11.0.